The molecule has 1 saturated heterocycles. The number of carboxylic acid groups (broad SMARTS) is 1. The molecular formula is C13H23N3O3. The third-order valence-corrected chi connectivity index (χ3v) is 4.45. The summed E-state index contributed by atoms with van der Waals surface area (Å²) in [6.45, 7) is 2.78. The first-order chi connectivity index (χ1) is 9.02. The molecule has 1 heterocycles. The third kappa shape index (κ3) is 3.00. The predicted molar refractivity (Wildman–Crippen MR) is 70.7 cm³/mol. The maximum absolute atomic E-state index is 12.3. The second-order valence-corrected chi connectivity index (χ2v) is 5.63. The molecule has 4 atom stereocenters. The first-order valence-electron chi connectivity index (χ1n) is 7.08. The van der Waals surface area contributed by atoms with Crippen LogP contribution in [0.1, 0.15) is 39.0 Å². The molecule has 108 valence electrons. The van der Waals surface area contributed by atoms with Crippen molar-refractivity contribution in [1.82, 2.24) is 10.2 Å². The van der Waals surface area contributed by atoms with Gasteiger partial charge in [-0.2, -0.15) is 0 Å². The van der Waals surface area contributed by atoms with Gasteiger partial charge in [0, 0.05) is 18.6 Å². The molecule has 1 aliphatic heterocycles. The number of nitrogens with zero attached hydrogens (tertiary/aromatic N) is 1. The molecule has 19 heavy (non-hydrogen) atoms. The standard InChI is InChI=1S/C13H23N3O3/c1-2-8-7-9(14)3-4-11(8)16-6-5-10(12(16)17)15-13(18)19/h8-11,15H,2-7,14H2,1H3,(H,18,19)/t8-,9+,10-,11-/m0/s1. The zero-order valence-corrected chi connectivity index (χ0v) is 11.3. The van der Waals surface area contributed by atoms with E-state index in [0.717, 1.165) is 25.7 Å². The summed E-state index contributed by atoms with van der Waals surface area (Å²) in [5, 5.41) is 11.0. The van der Waals surface area contributed by atoms with Crippen LogP contribution in [-0.2, 0) is 4.79 Å². The number of hydrogen-bond acceptors (Lipinski definition) is 3. The summed E-state index contributed by atoms with van der Waals surface area (Å²) in [6, 6.07) is -0.0876. The first kappa shape index (κ1) is 14.1. The Hall–Kier alpha value is -1.30. The van der Waals surface area contributed by atoms with Crippen LogP contribution in [0.3, 0.4) is 0 Å². The minimum atomic E-state index is -1.13. The number of rotatable bonds is 3. The van der Waals surface area contributed by atoms with Gasteiger partial charge in [0.05, 0.1) is 0 Å². The van der Waals surface area contributed by atoms with Crippen molar-refractivity contribution in [3.8, 4) is 0 Å². The molecule has 4 N–H and O–H groups in total. The fourth-order valence-electron chi connectivity index (χ4n) is 3.45. The van der Waals surface area contributed by atoms with E-state index in [-0.39, 0.29) is 18.0 Å². The zero-order chi connectivity index (χ0) is 14.0. The summed E-state index contributed by atoms with van der Waals surface area (Å²) >= 11 is 0. The lowest BCUT2D eigenvalue weighted by molar-refractivity contribution is -0.133. The first-order valence-corrected chi connectivity index (χ1v) is 7.08. The monoisotopic (exact) mass is 269 g/mol. The zero-order valence-electron chi connectivity index (χ0n) is 11.3. The molecule has 6 heteroatoms. The fourth-order valence-corrected chi connectivity index (χ4v) is 3.45. The van der Waals surface area contributed by atoms with Crippen LogP contribution in [-0.4, -0.2) is 46.7 Å². The van der Waals surface area contributed by atoms with Crippen LogP contribution < -0.4 is 11.1 Å². The van der Waals surface area contributed by atoms with Gasteiger partial charge < -0.3 is 21.1 Å². The highest BCUT2D eigenvalue weighted by Gasteiger charge is 2.40. The molecule has 2 fully saturated rings. The molecule has 1 aliphatic carbocycles. The minimum absolute atomic E-state index is 0.0682. The highest BCUT2D eigenvalue weighted by Crippen LogP contribution is 2.32. The van der Waals surface area contributed by atoms with Gasteiger partial charge in [-0.05, 0) is 31.6 Å². The van der Waals surface area contributed by atoms with Crippen molar-refractivity contribution in [2.45, 2.75) is 57.2 Å². The normalized spacial score (nSPS) is 35.5. The fraction of sp³-hybridized carbons (Fsp3) is 0.846. The lowest BCUT2D eigenvalue weighted by Gasteiger charge is -2.40. The van der Waals surface area contributed by atoms with E-state index in [9.17, 15) is 9.59 Å². The molecule has 0 aromatic heterocycles. The minimum Gasteiger partial charge on any atom is -0.465 e. The molecule has 0 aromatic carbocycles. The van der Waals surface area contributed by atoms with Gasteiger partial charge in [-0.3, -0.25) is 4.79 Å². The SMILES string of the molecule is CC[C@H]1C[C@H](N)CC[C@@H]1N1CC[C@H](NC(=O)O)C1=O. The molecule has 0 spiro atoms. The summed E-state index contributed by atoms with van der Waals surface area (Å²) in [5.41, 5.74) is 6.00. The molecule has 2 aliphatic rings. The molecule has 0 aromatic rings. The van der Waals surface area contributed by atoms with Gasteiger partial charge in [-0.25, -0.2) is 4.79 Å². The average Bonchev–Trinajstić information content (AvgIpc) is 2.70. The van der Waals surface area contributed by atoms with Crippen molar-refractivity contribution in [2.24, 2.45) is 11.7 Å². The van der Waals surface area contributed by atoms with E-state index in [1.54, 1.807) is 0 Å². The van der Waals surface area contributed by atoms with Gasteiger partial charge >= 0.3 is 6.09 Å². The van der Waals surface area contributed by atoms with Gasteiger partial charge in [-0.1, -0.05) is 13.3 Å². The van der Waals surface area contributed by atoms with Crippen LogP contribution >= 0.6 is 0 Å². The number of carbonyl (C=O) groups excluding carboxylic acids is 1. The van der Waals surface area contributed by atoms with Crippen LogP contribution in [0.2, 0.25) is 0 Å². The largest absolute Gasteiger partial charge is 0.465 e. The summed E-state index contributed by atoms with van der Waals surface area (Å²) in [4.78, 5) is 24.8. The highest BCUT2D eigenvalue weighted by atomic mass is 16.4. The van der Waals surface area contributed by atoms with Crippen molar-refractivity contribution < 1.29 is 14.7 Å². The lowest BCUT2D eigenvalue weighted by Crippen LogP contribution is -2.50. The van der Waals surface area contributed by atoms with Gasteiger partial charge in [0.1, 0.15) is 6.04 Å². The average molecular weight is 269 g/mol. The number of nitrogens with one attached hydrogen (secondary N) is 1. The van der Waals surface area contributed by atoms with Gasteiger partial charge in [0.15, 0.2) is 0 Å². The topological polar surface area (TPSA) is 95.7 Å². The van der Waals surface area contributed by atoms with E-state index in [0.29, 0.717) is 18.9 Å². The Balaban J connectivity index is 2.01. The molecule has 2 rings (SSSR count). The van der Waals surface area contributed by atoms with Crippen molar-refractivity contribution >= 4 is 12.0 Å². The Morgan fingerprint density at radius 2 is 2.21 bits per heavy atom. The van der Waals surface area contributed by atoms with E-state index >= 15 is 0 Å². The number of likely N-dealkylation sites (tertiary alicyclic amines) is 1. The molecule has 0 bridgehead atoms. The number of nitrogens with two attached hydrogens (primary N) is 1. The van der Waals surface area contributed by atoms with Crippen molar-refractivity contribution in [3.63, 3.8) is 0 Å². The molecule has 2 amide bonds. The second-order valence-electron chi connectivity index (χ2n) is 5.63. The molecular weight excluding hydrogens is 246 g/mol. The molecule has 0 unspecified atom stereocenters. The quantitative estimate of drug-likeness (QED) is 0.705. The Morgan fingerprint density at radius 3 is 2.84 bits per heavy atom. The van der Waals surface area contributed by atoms with Gasteiger partial charge in [-0.15, -0.1) is 0 Å². The van der Waals surface area contributed by atoms with Crippen LogP contribution in [0.15, 0.2) is 0 Å². The predicted octanol–water partition coefficient (Wildman–Crippen LogP) is 0.761. The molecule has 1 saturated carbocycles. The summed E-state index contributed by atoms with van der Waals surface area (Å²) in [6.07, 6.45) is 3.30. The van der Waals surface area contributed by atoms with Crippen molar-refractivity contribution in [1.29, 1.82) is 0 Å². The van der Waals surface area contributed by atoms with Crippen molar-refractivity contribution in [3.05, 3.63) is 0 Å². The van der Waals surface area contributed by atoms with Crippen LogP contribution in [0, 0.1) is 5.92 Å². The number of hydrogen-bond donors (Lipinski definition) is 3. The smallest absolute Gasteiger partial charge is 0.405 e. The molecule has 6 nitrogen and oxygen atoms in total. The van der Waals surface area contributed by atoms with Crippen LogP contribution in [0.25, 0.3) is 0 Å². The van der Waals surface area contributed by atoms with E-state index in [1.807, 2.05) is 4.90 Å². The number of carbonyl (C=O) groups is 2. The van der Waals surface area contributed by atoms with E-state index in [2.05, 4.69) is 12.2 Å². The summed E-state index contributed by atoms with van der Waals surface area (Å²) in [5.74, 6) is 0.373. The van der Waals surface area contributed by atoms with E-state index in [1.165, 1.54) is 0 Å². The Kier molecular flexibility index (Phi) is 4.29. The maximum atomic E-state index is 12.3. The van der Waals surface area contributed by atoms with Gasteiger partial charge in [0.25, 0.3) is 0 Å². The second kappa shape index (κ2) is 5.77. The van der Waals surface area contributed by atoms with Crippen LogP contribution in [0.4, 0.5) is 4.79 Å². The Morgan fingerprint density at radius 1 is 1.47 bits per heavy atom. The lowest BCUT2D eigenvalue weighted by atomic mass is 9.79. The summed E-state index contributed by atoms with van der Waals surface area (Å²) < 4.78 is 0. The third-order valence-electron chi connectivity index (χ3n) is 4.45. The van der Waals surface area contributed by atoms with Crippen LogP contribution in [0.5, 0.6) is 0 Å². The number of amides is 2. The van der Waals surface area contributed by atoms with Gasteiger partial charge in [0.2, 0.25) is 5.91 Å². The summed E-state index contributed by atoms with van der Waals surface area (Å²) in [7, 11) is 0. The molecule has 0 radical (unpaired) electrons. The van der Waals surface area contributed by atoms with E-state index in [4.69, 9.17) is 10.8 Å². The Labute approximate surface area is 113 Å². The van der Waals surface area contributed by atoms with Crippen molar-refractivity contribution in [2.75, 3.05) is 6.54 Å². The Bertz CT molecular complexity index is 361. The highest BCUT2D eigenvalue weighted by molar-refractivity contribution is 5.87. The van der Waals surface area contributed by atoms with E-state index < -0.39 is 12.1 Å². The maximum Gasteiger partial charge on any atom is 0.405 e.